The van der Waals surface area contributed by atoms with Crippen molar-refractivity contribution in [2.45, 2.75) is 12.5 Å². The zero-order chi connectivity index (χ0) is 13.1. The van der Waals surface area contributed by atoms with E-state index in [4.69, 9.17) is 15.2 Å². The minimum Gasteiger partial charge on any atom is -0.493 e. The third-order valence-corrected chi connectivity index (χ3v) is 3.14. The Hall–Kier alpha value is -1.75. The molecular weight excluding hydrogens is 232 g/mol. The predicted octanol–water partition coefficient (Wildman–Crippen LogP) is 0.877. The highest BCUT2D eigenvalue weighted by molar-refractivity contribution is 5.95. The summed E-state index contributed by atoms with van der Waals surface area (Å²) in [5.41, 5.74) is 6.40. The molecule has 1 amide bonds. The number of hydrogen-bond acceptors (Lipinski definition) is 4. The van der Waals surface area contributed by atoms with Gasteiger partial charge in [-0.25, -0.2) is 0 Å². The zero-order valence-electron chi connectivity index (χ0n) is 10.7. The van der Waals surface area contributed by atoms with E-state index in [1.165, 1.54) is 0 Å². The van der Waals surface area contributed by atoms with E-state index in [-0.39, 0.29) is 11.9 Å². The van der Waals surface area contributed by atoms with Gasteiger partial charge in [0.25, 0.3) is 5.91 Å². The van der Waals surface area contributed by atoms with Crippen molar-refractivity contribution in [3.05, 3.63) is 23.8 Å². The van der Waals surface area contributed by atoms with Crippen LogP contribution >= 0.6 is 0 Å². The third kappa shape index (κ3) is 2.41. The molecule has 0 aliphatic carbocycles. The lowest BCUT2D eigenvalue weighted by atomic mass is 10.1. The van der Waals surface area contributed by atoms with Crippen LogP contribution in [0.1, 0.15) is 16.8 Å². The van der Waals surface area contributed by atoms with E-state index in [2.05, 4.69) is 0 Å². The Morgan fingerprint density at radius 2 is 2.06 bits per heavy atom. The first-order chi connectivity index (χ1) is 8.65. The molecule has 2 N–H and O–H groups in total. The summed E-state index contributed by atoms with van der Waals surface area (Å²) in [4.78, 5) is 14.0. The predicted molar refractivity (Wildman–Crippen MR) is 68.0 cm³/mol. The van der Waals surface area contributed by atoms with Crippen LogP contribution in [0, 0.1) is 0 Å². The molecule has 5 heteroatoms. The normalized spacial score (nSPS) is 18.8. The molecule has 0 radical (unpaired) electrons. The van der Waals surface area contributed by atoms with Crippen LogP contribution in [0.25, 0.3) is 0 Å². The first-order valence-corrected chi connectivity index (χ1v) is 5.92. The van der Waals surface area contributed by atoms with E-state index in [1.54, 1.807) is 37.3 Å². The Morgan fingerprint density at radius 1 is 1.33 bits per heavy atom. The fourth-order valence-electron chi connectivity index (χ4n) is 2.12. The average molecular weight is 250 g/mol. The van der Waals surface area contributed by atoms with Crippen LogP contribution in [-0.2, 0) is 0 Å². The molecule has 18 heavy (non-hydrogen) atoms. The van der Waals surface area contributed by atoms with E-state index in [1.807, 2.05) is 0 Å². The van der Waals surface area contributed by atoms with Gasteiger partial charge in [0.05, 0.1) is 14.2 Å². The minimum absolute atomic E-state index is 0.0103. The van der Waals surface area contributed by atoms with Gasteiger partial charge in [-0.2, -0.15) is 0 Å². The number of carbonyl (C=O) groups excluding carboxylic acids is 1. The molecule has 5 nitrogen and oxygen atoms in total. The summed E-state index contributed by atoms with van der Waals surface area (Å²) >= 11 is 0. The average Bonchev–Trinajstić information content (AvgIpc) is 2.83. The van der Waals surface area contributed by atoms with Crippen LogP contribution in [0.4, 0.5) is 0 Å². The van der Waals surface area contributed by atoms with Gasteiger partial charge < -0.3 is 20.1 Å². The molecule has 1 aliphatic rings. The van der Waals surface area contributed by atoms with Crippen molar-refractivity contribution >= 4 is 5.91 Å². The second-order valence-electron chi connectivity index (χ2n) is 4.37. The van der Waals surface area contributed by atoms with Crippen molar-refractivity contribution in [3.63, 3.8) is 0 Å². The van der Waals surface area contributed by atoms with Crippen LogP contribution in [-0.4, -0.2) is 44.2 Å². The fraction of sp³-hybridized carbons (Fsp3) is 0.462. The Labute approximate surface area is 106 Å². The third-order valence-electron chi connectivity index (χ3n) is 3.14. The number of hydrogen-bond donors (Lipinski definition) is 1. The number of nitrogens with two attached hydrogens (primary N) is 1. The van der Waals surface area contributed by atoms with Crippen LogP contribution < -0.4 is 15.2 Å². The van der Waals surface area contributed by atoms with Gasteiger partial charge in [-0.15, -0.1) is 0 Å². The Morgan fingerprint density at radius 3 is 2.61 bits per heavy atom. The summed E-state index contributed by atoms with van der Waals surface area (Å²) in [6.07, 6.45) is 0.860. The summed E-state index contributed by atoms with van der Waals surface area (Å²) in [6, 6.07) is 5.27. The number of nitrogens with zero attached hydrogens (tertiary/aromatic N) is 1. The summed E-state index contributed by atoms with van der Waals surface area (Å²) in [5.74, 6) is 1.17. The maximum atomic E-state index is 12.2. The van der Waals surface area contributed by atoms with Gasteiger partial charge in [-0.3, -0.25) is 4.79 Å². The maximum Gasteiger partial charge on any atom is 0.254 e. The van der Waals surface area contributed by atoms with Crippen molar-refractivity contribution in [3.8, 4) is 11.5 Å². The summed E-state index contributed by atoms with van der Waals surface area (Å²) in [6.45, 7) is 1.33. The maximum absolute atomic E-state index is 12.2. The van der Waals surface area contributed by atoms with Gasteiger partial charge in [0.2, 0.25) is 0 Å². The van der Waals surface area contributed by atoms with Gasteiger partial charge in [0, 0.05) is 24.7 Å². The number of carbonyl (C=O) groups is 1. The monoisotopic (exact) mass is 250 g/mol. The summed E-state index contributed by atoms with van der Waals surface area (Å²) in [5, 5.41) is 0. The number of rotatable bonds is 3. The van der Waals surface area contributed by atoms with Crippen molar-refractivity contribution < 1.29 is 14.3 Å². The molecule has 1 saturated heterocycles. The van der Waals surface area contributed by atoms with Crippen molar-refractivity contribution in [1.82, 2.24) is 4.90 Å². The second-order valence-corrected chi connectivity index (χ2v) is 4.37. The van der Waals surface area contributed by atoms with Crippen molar-refractivity contribution in [2.24, 2.45) is 5.73 Å². The van der Waals surface area contributed by atoms with E-state index < -0.39 is 0 Å². The largest absolute Gasteiger partial charge is 0.493 e. The van der Waals surface area contributed by atoms with Crippen LogP contribution in [0.2, 0.25) is 0 Å². The molecule has 0 saturated carbocycles. The molecule has 1 fully saturated rings. The molecule has 98 valence electrons. The van der Waals surface area contributed by atoms with E-state index >= 15 is 0 Å². The highest BCUT2D eigenvalue weighted by Crippen LogP contribution is 2.28. The van der Waals surface area contributed by atoms with E-state index in [0.29, 0.717) is 30.2 Å². The van der Waals surface area contributed by atoms with E-state index in [0.717, 1.165) is 6.42 Å². The van der Waals surface area contributed by atoms with Gasteiger partial charge in [-0.1, -0.05) is 0 Å². The van der Waals surface area contributed by atoms with Crippen molar-refractivity contribution in [2.75, 3.05) is 27.3 Å². The fourth-order valence-corrected chi connectivity index (χ4v) is 2.12. The molecule has 0 aromatic heterocycles. The number of benzene rings is 1. The van der Waals surface area contributed by atoms with Gasteiger partial charge in [0.15, 0.2) is 11.5 Å². The van der Waals surface area contributed by atoms with Gasteiger partial charge in [-0.05, 0) is 24.6 Å². The molecule has 1 atom stereocenters. The van der Waals surface area contributed by atoms with E-state index in [9.17, 15) is 4.79 Å². The molecule has 1 aromatic carbocycles. The highest BCUT2D eigenvalue weighted by atomic mass is 16.5. The Kier molecular flexibility index (Phi) is 3.72. The molecule has 0 spiro atoms. The molecule has 1 aliphatic heterocycles. The first-order valence-electron chi connectivity index (χ1n) is 5.92. The van der Waals surface area contributed by atoms with Crippen LogP contribution in [0.5, 0.6) is 11.5 Å². The van der Waals surface area contributed by atoms with Crippen LogP contribution in [0.3, 0.4) is 0 Å². The summed E-state index contributed by atoms with van der Waals surface area (Å²) in [7, 11) is 3.12. The number of amides is 1. The SMILES string of the molecule is COc1ccc(C(=O)N2CCC(N)C2)cc1OC. The quantitative estimate of drug-likeness (QED) is 0.864. The summed E-state index contributed by atoms with van der Waals surface area (Å²) < 4.78 is 10.3. The van der Waals surface area contributed by atoms with Gasteiger partial charge >= 0.3 is 0 Å². The zero-order valence-corrected chi connectivity index (χ0v) is 10.7. The first kappa shape index (κ1) is 12.7. The number of methoxy groups -OCH3 is 2. The Balaban J connectivity index is 2.20. The lowest BCUT2D eigenvalue weighted by Gasteiger charge is -2.16. The highest BCUT2D eigenvalue weighted by Gasteiger charge is 2.25. The topological polar surface area (TPSA) is 64.8 Å². The lowest BCUT2D eigenvalue weighted by molar-refractivity contribution is 0.0790. The minimum atomic E-state index is -0.0103. The molecule has 1 heterocycles. The van der Waals surface area contributed by atoms with Gasteiger partial charge in [0.1, 0.15) is 0 Å². The Bertz CT molecular complexity index is 448. The smallest absolute Gasteiger partial charge is 0.254 e. The molecule has 0 bridgehead atoms. The standard InChI is InChI=1S/C13H18N2O3/c1-17-11-4-3-9(7-12(11)18-2)13(16)15-6-5-10(14)8-15/h3-4,7,10H,5-6,8,14H2,1-2H3. The van der Waals surface area contributed by atoms with Crippen LogP contribution in [0.15, 0.2) is 18.2 Å². The molecular formula is C13H18N2O3. The molecule has 1 aromatic rings. The molecule has 2 rings (SSSR count). The number of ether oxygens (including phenoxy) is 2. The number of likely N-dealkylation sites (tertiary alicyclic amines) is 1. The lowest BCUT2D eigenvalue weighted by Crippen LogP contribution is -2.31. The van der Waals surface area contributed by atoms with Crippen molar-refractivity contribution in [1.29, 1.82) is 0 Å². The molecule has 1 unspecified atom stereocenters. The second kappa shape index (κ2) is 5.27.